The van der Waals surface area contributed by atoms with Gasteiger partial charge in [0.05, 0.1) is 11.0 Å². The maximum atomic E-state index is 12.8. The van der Waals surface area contributed by atoms with Crippen molar-refractivity contribution in [1.82, 2.24) is 14.5 Å². The molecule has 21 heavy (non-hydrogen) atoms. The lowest BCUT2D eigenvalue weighted by molar-refractivity contribution is 0.364. The highest BCUT2D eigenvalue weighted by Gasteiger charge is 2.21. The van der Waals surface area contributed by atoms with Crippen molar-refractivity contribution in [2.45, 2.75) is 45.2 Å². The highest BCUT2D eigenvalue weighted by Crippen LogP contribution is 2.23. The second-order valence-electron chi connectivity index (χ2n) is 5.63. The van der Waals surface area contributed by atoms with Crippen LogP contribution in [0.15, 0.2) is 29.1 Å². The van der Waals surface area contributed by atoms with Crippen LogP contribution in [0.3, 0.4) is 0 Å². The first-order valence-electron chi connectivity index (χ1n) is 7.73. The van der Waals surface area contributed by atoms with E-state index in [9.17, 15) is 4.79 Å². The summed E-state index contributed by atoms with van der Waals surface area (Å²) in [5.41, 5.74) is 2.36. The first-order valence-corrected chi connectivity index (χ1v) is 7.73. The number of hydrogen-bond acceptors (Lipinski definition) is 2. The molecule has 0 saturated carbocycles. The topological polar surface area (TPSA) is 39.0 Å². The van der Waals surface area contributed by atoms with Crippen molar-refractivity contribution in [3.05, 3.63) is 34.7 Å². The molecule has 3 rings (SSSR count). The molecule has 5 heteroatoms. The molecule has 1 fully saturated rings. The van der Waals surface area contributed by atoms with Crippen LogP contribution in [0.5, 0.6) is 0 Å². The van der Waals surface area contributed by atoms with E-state index in [-0.39, 0.29) is 18.1 Å². The van der Waals surface area contributed by atoms with Crippen LogP contribution in [0, 0.1) is 0 Å². The monoisotopic (exact) mass is 309 g/mol. The summed E-state index contributed by atoms with van der Waals surface area (Å²) in [6, 6.07) is 8.56. The van der Waals surface area contributed by atoms with Gasteiger partial charge in [0.1, 0.15) is 0 Å². The van der Waals surface area contributed by atoms with Crippen molar-refractivity contribution < 1.29 is 0 Å². The van der Waals surface area contributed by atoms with Gasteiger partial charge in [0.15, 0.2) is 0 Å². The molecule has 1 aliphatic rings. The van der Waals surface area contributed by atoms with Crippen molar-refractivity contribution in [3.63, 3.8) is 0 Å². The maximum absolute atomic E-state index is 12.8. The number of nitrogens with one attached hydrogen (secondary N) is 1. The average Bonchev–Trinajstić information content (AvgIpc) is 2.78. The molecule has 0 aliphatic carbocycles. The Bertz CT molecular complexity index is 640. The van der Waals surface area contributed by atoms with Crippen LogP contribution >= 0.6 is 12.4 Å². The Labute approximate surface area is 131 Å². The van der Waals surface area contributed by atoms with E-state index in [2.05, 4.69) is 24.4 Å². The molecule has 0 amide bonds. The number of piperidine rings is 1. The van der Waals surface area contributed by atoms with E-state index in [4.69, 9.17) is 0 Å². The summed E-state index contributed by atoms with van der Waals surface area (Å²) in [6.07, 6.45) is 4.25. The molecule has 2 heterocycles. The third kappa shape index (κ3) is 3.01. The average molecular weight is 310 g/mol. The van der Waals surface area contributed by atoms with Gasteiger partial charge in [-0.15, -0.1) is 12.4 Å². The van der Waals surface area contributed by atoms with E-state index in [0.717, 1.165) is 56.4 Å². The van der Waals surface area contributed by atoms with E-state index >= 15 is 0 Å². The van der Waals surface area contributed by atoms with Crippen LogP contribution in [0.25, 0.3) is 11.0 Å². The largest absolute Gasteiger partial charge is 0.329 e. The Hall–Kier alpha value is -1.26. The highest BCUT2D eigenvalue weighted by molar-refractivity contribution is 5.85. The highest BCUT2D eigenvalue weighted by atomic mass is 35.5. The number of aromatic nitrogens is 2. The third-order valence-corrected chi connectivity index (χ3v) is 4.28. The minimum absolute atomic E-state index is 0. The van der Waals surface area contributed by atoms with Gasteiger partial charge in [-0.2, -0.15) is 0 Å². The number of rotatable bonds is 4. The molecule has 0 unspecified atom stereocenters. The van der Waals surface area contributed by atoms with Gasteiger partial charge < -0.3 is 5.32 Å². The quantitative estimate of drug-likeness (QED) is 0.943. The van der Waals surface area contributed by atoms with Gasteiger partial charge in [-0.1, -0.05) is 25.5 Å². The van der Waals surface area contributed by atoms with Crippen molar-refractivity contribution >= 4 is 23.4 Å². The Morgan fingerprint density at radius 2 is 1.86 bits per heavy atom. The first kappa shape index (κ1) is 16.1. The Balaban J connectivity index is 0.00000161. The molecule has 0 radical (unpaired) electrons. The van der Waals surface area contributed by atoms with Gasteiger partial charge >= 0.3 is 5.69 Å². The standard InChI is InChI=1S/C16H23N3O.ClH/c1-2-3-12-18-14-6-4-5-7-15(14)19(16(18)20)13-8-10-17-11-9-13;/h4-7,13,17H,2-3,8-12H2,1H3;1H. The molecule has 2 aromatic rings. The van der Waals surface area contributed by atoms with Crippen LogP contribution in [0.1, 0.15) is 38.6 Å². The number of benzene rings is 1. The molecule has 1 aromatic heterocycles. The van der Waals surface area contributed by atoms with Crippen molar-refractivity contribution in [3.8, 4) is 0 Å². The zero-order valence-corrected chi connectivity index (χ0v) is 13.4. The molecule has 1 N–H and O–H groups in total. The van der Waals surface area contributed by atoms with Crippen LogP contribution in [0.2, 0.25) is 0 Å². The summed E-state index contributed by atoms with van der Waals surface area (Å²) in [5.74, 6) is 0. The molecule has 116 valence electrons. The molecular weight excluding hydrogens is 286 g/mol. The summed E-state index contributed by atoms with van der Waals surface area (Å²) in [6.45, 7) is 5.00. The summed E-state index contributed by atoms with van der Waals surface area (Å²) < 4.78 is 3.99. The zero-order valence-electron chi connectivity index (χ0n) is 12.5. The molecular formula is C16H24ClN3O. The summed E-state index contributed by atoms with van der Waals surface area (Å²) in [4.78, 5) is 12.8. The van der Waals surface area contributed by atoms with Crippen LogP contribution in [-0.2, 0) is 6.54 Å². The second kappa shape index (κ2) is 7.14. The number of aryl methyl sites for hydroxylation is 1. The number of hydrogen-bond donors (Lipinski definition) is 1. The fourth-order valence-electron chi connectivity index (χ4n) is 3.18. The van der Waals surface area contributed by atoms with Gasteiger partial charge in [-0.05, 0) is 44.5 Å². The fraction of sp³-hybridized carbons (Fsp3) is 0.562. The Morgan fingerprint density at radius 3 is 2.52 bits per heavy atom. The third-order valence-electron chi connectivity index (χ3n) is 4.28. The molecule has 0 bridgehead atoms. The summed E-state index contributed by atoms with van der Waals surface area (Å²) in [7, 11) is 0. The summed E-state index contributed by atoms with van der Waals surface area (Å²) in [5, 5.41) is 3.37. The van der Waals surface area contributed by atoms with Crippen molar-refractivity contribution in [2.75, 3.05) is 13.1 Å². The number of unbranched alkanes of at least 4 members (excludes halogenated alkanes) is 1. The molecule has 1 aromatic carbocycles. The van der Waals surface area contributed by atoms with Crippen LogP contribution < -0.4 is 11.0 Å². The van der Waals surface area contributed by atoms with Crippen molar-refractivity contribution in [1.29, 1.82) is 0 Å². The fourth-order valence-corrected chi connectivity index (χ4v) is 3.18. The minimum atomic E-state index is 0. The van der Waals surface area contributed by atoms with Gasteiger partial charge in [-0.25, -0.2) is 4.79 Å². The summed E-state index contributed by atoms with van der Waals surface area (Å²) >= 11 is 0. The molecule has 4 nitrogen and oxygen atoms in total. The maximum Gasteiger partial charge on any atom is 0.329 e. The number of nitrogens with zero attached hydrogens (tertiary/aromatic N) is 2. The lowest BCUT2D eigenvalue weighted by atomic mass is 10.1. The van der Waals surface area contributed by atoms with Crippen LogP contribution in [0.4, 0.5) is 0 Å². The van der Waals surface area contributed by atoms with E-state index in [1.807, 2.05) is 21.3 Å². The number of halogens is 1. The van der Waals surface area contributed by atoms with E-state index < -0.39 is 0 Å². The Morgan fingerprint density at radius 1 is 1.19 bits per heavy atom. The number of para-hydroxylation sites is 2. The molecule has 1 aliphatic heterocycles. The van der Waals surface area contributed by atoms with Crippen molar-refractivity contribution in [2.24, 2.45) is 0 Å². The predicted molar refractivity (Wildman–Crippen MR) is 89.5 cm³/mol. The second-order valence-corrected chi connectivity index (χ2v) is 5.63. The van der Waals surface area contributed by atoms with Gasteiger partial charge in [0.25, 0.3) is 0 Å². The van der Waals surface area contributed by atoms with Gasteiger partial charge in [-0.3, -0.25) is 9.13 Å². The van der Waals surface area contributed by atoms with E-state index in [1.54, 1.807) is 0 Å². The lowest BCUT2D eigenvalue weighted by Gasteiger charge is -2.23. The molecule has 0 atom stereocenters. The normalized spacial score (nSPS) is 16.0. The predicted octanol–water partition coefficient (Wildman–Crippen LogP) is 2.95. The zero-order chi connectivity index (χ0) is 13.9. The van der Waals surface area contributed by atoms with Crippen LogP contribution in [-0.4, -0.2) is 22.2 Å². The van der Waals surface area contributed by atoms with E-state index in [0.29, 0.717) is 6.04 Å². The van der Waals surface area contributed by atoms with Gasteiger partial charge in [0.2, 0.25) is 0 Å². The lowest BCUT2D eigenvalue weighted by Crippen LogP contribution is -2.34. The minimum Gasteiger partial charge on any atom is -0.317 e. The number of fused-ring (bicyclic) bond motifs is 1. The first-order chi connectivity index (χ1) is 9.83. The van der Waals surface area contributed by atoms with Gasteiger partial charge in [0, 0.05) is 12.6 Å². The Kier molecular flexibility index (Phi) is 5.48. The molecule has 1 saturated heterocycles. The SMILES string of the molecule is CCCCn1c(=O)n(C2CCNCC2)c2ccccc21.Cl. The molecule has 0 spiro atoms. The van der Waals surface area contributed by atoms with E-state index in [1.165, 1.54) is 0 Å². The smallest absolute Gasteiger partial charge is 0.317 e. The number of imidazole rings is 1.